The number of benzene rings is 1. The summed E-state index contributed by atoms with van der Waals surface area (Å²) in [6.45, 7) is 0. The number of anilines is 2. The number of hydrogen-bond acceptors (Lipinski definition) is 6. The first-order valence-electron chi connectivity index (χ1n) is 5.64. The minimum absolute atomic E-state index is 0.0883. The van der Waals surface area contributed by atoms with Gasteiger partial charge in [0.25, 0.3) is 0 Å². The Morgan fingerprint density at radius 2 is 1.79 bits per heavy atom. The second kappa shape index (κ2) is 4.41. The van der Waals surface area contributed by atoms with Gasteiger partial charge in [0.15, 0.2) is 0 Å². The van der Waals surface area contributed by atoms with Gasteiger partial charge in [-0.2, -0.15) is 4.98 Å². The first kappa shape index (κ1) is 11.2. The molecule has 1 aromatic carbocycles. The van der Waals surface area contributed by atoms with Gasteiger partial charge in [-0.05, 0) is 5.56 Å². The van der Waals surface area contributed by atoms with Crippen molar-refractivity contribution < 1.29 is 4.42 Å². The van der Waals surface area contributed by atoms with Gasteiger partial charge in [-0.15, -0.1) is 0 Å². The summed E-state index contributed by atoms with van der Waals surface area (Å²) >= 11 is 0. The maximum atomic E-state index is 5.96. The van der Waals surface area contributed by atoms with Gasteiger partial charge in [0, 0.05) is 0 Å². The van der Waals surface area contributed by atoms with Crippen LogP contribution in [0.2, 0.25) is 0 Å². The van der Waals surface area contributed by atoms with Gasteiger partial charge in [-0.1, -0.05) is 30.3 Å². The maximum absolute atomic E-state index is 5.96. The van der Waals surface area contributed by atoms with Crippen LogP contribution in [-0.2, 0) is 0 Å². The quantitative estimate of drug-likeness (QED) is 0.723. The SMILES string of the molecule is Nc1nc(N)c(-c2ccccc2)c(-c2ncco2)n1. The van der Waals surface area contributed by atoms with Gasteiger partial charge in [0.1, 0.15) is 17.8 Å². The number of nitrogens with two attached hydrogens (primary N) is 2. The third-order valence-electron chi connectivity index (χ3n) is 2.65. The van der Waals surface area contributed by atoms with E-state index in [4.69, 9.17) is 15.9 Å². The molecule has 19 heavy (non-hydrogen) atoms. The molecular weight excluding hydrogens is 242 g/mol. The van der Waals surface area contributed by atoms with Crippen LogP contribution in [-0.4, -0.2) is 15.0 Å². The first-order chi connectivity index (χ1) is 9.25. The van der Waals surface area contributed by atoms with Crippen LogP contribution in [0.5, 0.6) is 0 Å². The molecule has 6 nitrogen and oxygen atoms in total. The largest absolute Gasteiger partial charge is 0.443 e. The fourth-order valence-corrected chi connectivity index (χ4v) is 1.88. The Morgan fingerprint density at radius 3 is 2.47 bits per heavy atom. The van der Waals surface area contributed by atoms with E-state index in [9.17, 15) is 0 Å². The van der Waals surface area contributed by atoms with E-state index in [0.29, 0.717) is 23.0 Å². The summed E-state index contributed by atoms with van der Waals surface area (Å²) in [6, 6.07) is 9.56. The summed E-state index contributed by atoms with van der Waals surface area (Å²) in [4.78, 5) is 12.3. The van der Waals surface area contributed by atoms with E-state index in [2.05, 4.69) is 15.0 Å². The third-order valence-corrected chi connectivity index (χ3v) is 2.65. The highest BCUT2D eigenvalue weighted by Gasteiger charge is 2.17. The van der Waals surface area contributed by atoms with Crippen LogP contribution >= 0.6 is 0 Å². The van der Waals surface area contributed by atoms with Crippen molar-refractivity contribution in [1.29, 1.82) is 0 Å². The Kier molecular flexibility index (Phi) is 2.60. The number of aromatic nitrogens is 3. The molecule has 0 fully saturated rings. The molecule has 3 aromatic rings. The fraction of sp³-hybridized carbons (Fsp3) is 0. The standard InChI is InChI=1S/C13H11N5O/c14-11-9(8-4-2-1-3-5-8)10(17-13(15)18-11)12-16-6-7-19-12/h1-7H,(H4,14,15,17,18). The van der Waals surface area contributed by atoms with Gasteiger partial charge < -0.3 is 15.9 Å². The van der Waals surface area contributed by atoms with Gasteiger partial charge >= 0.3 is 0 Å². The van der Waals surface area contributed by atoms with Crippen molar-refractivity contribution in [2.24, 2.45) is 0 Å². The lowest BCUT2D eigenvalue weighted by Crippen LogP contribution is -2.04. The normalized spacial score (nSPS) is 10.5. The van der Waals surface area contributed by atoms with Crippen molar-refractivity contribution in [3.63, 3.8) is 0 Å². The highest BCUT2D eigenvalue weighted by Crippen LogP contribution is 2.33. The summed E-state index contributed by atoms with van der Waals surface area (Å²) in [5.41, 5.74) is 13.6. The van der Waals surface area contributed by atoms with Crippen molar-refractivity contribution in [2.75, 3.05) is 11.5 Å². The van der Waals surface area contributed by atoms with Crippen LogP contribution in [0, 0.1) is 0 Å². The molecule has 3 rings (SSSR count). The van der Waals surface area contributed by atoms with Crippen LogP contribution in [0.15, 0.2) is 47.2 Å². The van der Waals surface area contributed by atoms with Crippen LogP contribution < -0.4 is 11.5 Å². The molecule has 2 aromatic heterocycles. The minimum Gasteiger partial charge on any atom is -0.443 e. The summed E-state index contributed by atoms with van der Waals surface area (Å²) < 4.78 is 5.28. The Morgan fingerprint density at radius 1 is 1.00 bits per heavy atom. The summed E-state index contributed by atoms with van der Waals surface area (Å²) in [5.74, 6) is 0.747. The Hall–Kier alpha value is -2.89. The number of rotatable bonds is 2. The summed E-state index contributed by atoms with van der Waals surface area (Å²) in [5, 5.41) is 0. The number of hydrogen-bond donors (Lipinski definition) is 2. The highest BCUT2D eigenvalue weighted by atomic mass is 16.3. The number of nitrogens with zero attached hydrogens (tertiary/aromatic N) is 3. The summed E-state index contributed by atoms with van der Waals surface area (Å²) in [7, 11) is 0. The fourth-order valence-electron chi connectivity index (χ4n) is 1.88. The average Bonchev–Trinajstić information content (AvgIpc) is 2.92. The number of nitrogen functional groups attached to an aromatic ring is 2. The molecule has 0 spiro atoms. The Bertz CT molecular complexity index is 695. The van der Waals surface area contributed by atoms with Crippen molar-refractivity contribution in [1.82, 2.24) is 15.0 Å². The van der Waals surface area contributed by atoms with Gasteiger partial charge in [0.05, 0.1) is 11.8 Å². The molecule has 2 heterocycles. The van der Waals surface area contributed by atoms with E-state index in [-0.39, 0.29) is 5.95 Å². The third kappa shape index (κ3) is 1.99. The molecule has 94 valence electrons. The van der Waals surface area contributed by atoms with Gasteiger partial charge in [-0.3, -0.25) is 0 Å². The predicted molar refractivity (Wildman–Crippen MR) is 71.8 cm³/mol. The van der Waals surface area contributed by atoms with Crippen molar-refractivity contribution in [3.05, 3.63) is 42.8 Å². The number of oxazole rings is 1. The first-order valence-corrected chi connectivity index (χ1v) is 5.64. The Labute approximate surface area is 109 Å². The topological polar surface area (TPSA) is 104 Å². The molecule has 0 bridgehead atoms. The van der Waals surface area contributed by atoms with Crippen LogP contribution in [0.4, 0.5) is 11.8 Å². The monoisotopic (exact) mass is 253 g/mol. The lowest BCUT2D eigenvalue weighted by molar-refractivity contribution is 0.572. The molecule has 0 aliphatic rings. The van der Waals surface area contributed by atoms with Crippen molar-refractivity contribution >= 4 is 11.8 Å². The second-order valence-corrected chi connectivity index (χ2v) is 3.89. The molecule has 0 atom stereocenters. The lowest BCUT2D eigenvalue weighted by atomic mass is 10.0. The Balaban J connectivity index is 2.29. The van der Waals surface area contributed by atoms with Crippen molar-refractivity contribution in [2.45, 2.75) is 0 Å². The molecule has 0 saturated carbocycles. The smallest absolute Gasteiger partial charge is 0.245 e. The summed E-state index contributed by atoms with van der Waals surface area (Å²) in [6.07, 6.45) is 3.01. The molecule has 0 radical (unpaired) electrons. The zero-order valence-corrected chi connectivity index (χ0v) is 9.95. The van der Waals surface area contributed by atoms with E-state index in [1.165, 1.54) is 6.26 Å². The molecule has 0 aliphatic carbocycles. The maximum Gasteiger partial charge on any atom is 0.245 e. The van der Waals surface area contributed by atoms with E-state index in [0.717, 1.165) is 5.56 Å². The van der Waals surface area contributed by atoms with Gasteiger partial charge in [0.2, 0.25) is 11.8 Å². The molecule has 0 amide bonds. The molecule has 4 N–H and O–H groups in total. The van der Waals surface area contributed by atoms with E-state index >= 15 is 0 Å². The lowest BCUT2D eigenvalue weighted by Gasteiger charge is -2.09. The van der Waals surface area contributed by atoms with E-state index < -0.39 is 0 Å². The zero-order valence-electron chi connectivity index (χ0n) is 9.95. The van der Waals surface area contributed by atoms with Crippen molar-refractivity contribution in [3.8, 4) is 22.7 Å². The molecule has 0 unspecified atom stereocenters. The minimum atomic E-state index is 0.0883. The predicted octanol–water partition coefficient (Wildman–Crippen LogP) is 1.96. The van der Waals surface area contributed by atoms with Crippen LogP contribution in [0.25, 0.3) is 22.7 Å². The highest BCUT2D eigenvalue weighted by molar-refractivity contribution is 5.85. The van der Waals surface area contributed by atoms with E-state index in [1.807, 2.05) is 30.3 Å². The molecule has 0 aliphatic heterocycles. The van der Waals surface area contributed by atoms with E-state index in [1.54, 1.807) is 6.20 Å². The average molecular weight is 253 g/mol. The second-order valence-electron chi connectivity index (χ2n) is 3.89. The van der Waals surface area contributed by atoms with Crippen LogP contribution in [0.1, 0.15) is 0 Å². The molecule has 6 heteroatoms. The zero-order chi connectivity index (χ0) is 13.2. The molecular formula is C13H11N5O. The van der Waals surface area contributed by atoms with Gasteiger partial charge in [-0.25, -0.2) is 9.97 Å². The molecule has 0 saturated heterocycles. The van der Waals surface area contributed by atoms with Crippen LogP contribution in [0.3, 0.4) is 0 Å².